The van der Waals surface area contributed by atoms with Crippen LogP contribution in [-0.2, 0) is 10.0 Å². The van der Waals surface area contributed by atoms with Crippen molar-refractivity contribution in [3.05, 3.63) is 0 Å². The molecule has 0 heterocycles. The third-order valence-electron chi connectivity index (χ3n) is 3.02. The minimum absolute atomic E-state index is 0.297. The molecule has 84 valence electrons. The Morgan fingerprint density at radius 3 is 2.21 bits per heavy atom. The van der Waals surface area contributed by atoms with E-state index in [1.54, 1.807) is 20.9 Å². The van der Waals surface area contributed by atoms with Crippen LogP contribution in [0.3, 0.4) is 0 Å². The van der Waals surface area contributed by atoms with Crippen LogP contribution in [0.25, 0.3) is 0 Å². The molecule has 14 heavy (non-hydrogen) atoms. The molecule has 0 N–H and O–H groups in total. The average molecular weight is 219 g/mol. The van der Waals surface area contributed by atoms with Gasteiger partial charge in [0.2, 0.25) is 10.0 Å². The molecule has 1 aliphatic rings. The summed E-state index contributed by atoms with van der Waals surface area (Å²) in [5.74, 6) is 0.591. The zero-order chi connectivity index (χ0) is 10.8. The molecule has 0 aliphatic heterocycles. The van der Waals surface area contributed by atoms with Crippen molar-refractivity contribution in [3.8, 4) is 0 Å². The van der Waals surface area contributed by atoms with E-state index in [1.165, 1.54) is 30.0 Å². The van der Waals surface area contributed by atoms with Crippen LogP contribution in [0, 0.1) is 5.92 Å². The number of hydrogen-bond donors (Lipinski definition) is 0. The quantitative estimate of drug-likeness (QED) is 0.723. The van der Waals surface area contributed by atoms with Gasteiger partial charge in [-0.05, 0) is 32.6 Å². The van der Waals surface area contributed by atoms with E-state index in [0.29, 0.717) is 12.5 Å². The fourth-order valence-electron chi connectivity index (χ4n) is 2.02. The van der Waals surface area contributed by atoms with Gasteiger partial charge < -0.3 is 0 Å². The van der Waals surface area contributed by atoms with Crippen LogP contribution in [0.5, 0.6) is 0 Å². The lowest BCUT2D eigenvalue weighted by atomic mass is 10.1. The molecule has 1 saturated carbocycles. The van der Waals surface area contributed by atoms with Gasteiger partial charge in [0.25, 0.3) is 0 Å². The summed E-state index contributed by atoms with van der Waals surface area (Å²) in [5, 5.41) is -0.297. The smallest absolute Gasteiger partial charge is 0.212 e. The third kappa shape index (κ3) is 2.70. The molecule has 4 heteroatoms. The summed E-state index contributed by atoms with van der Waals surface area (Å²) in [6, 6.07) is 0. The number of rotatable bonds is 4. The fourth-order valence-corrected chi connectivity index (χ4v) is 3.16. The summed E-state index contributed by atoms with van der Waals surface area (Å²) >= 11 is 0. The van der Waals surface area contributed by atoms with Crippen molar-refractivity contribution in [1.29, 1.82) is 0 Å². The van der Waals surface area contributed by atoms with Gasteiger partial charge in [-0.15, -0.1) is 0 Å². The fraction of sp³-hybridized carbons (Fsp3) is 1.00. The molecular weight excluding hydrogens is 198 g/mol. The summed E-state index contributed by atoms with van der Waals surface area (Å²) in [5.41, 5.74) is 0. The maximum atomic E-state index is 11.7. The lowest BCUT2D eigenvalue weighted by Gasteiger charge is -2.22. The van der Waals surface area contributed by atoms with Gasteiger partial charge in [0.15, 0.2) is 0 Å². The molecule has 1 fully saturated rings. The zero-order valence-electron chi connectivity index (χ0n) is 9.36. The minimum Gasteiger partial charge on any atom is -0.212 e. The van der Waals surface area contributed by atoms with Gasteiger partial charge in [0.05, 0.1) is 5.25 Å². The van der Waals surface area contributed by atoms with Gasteiger partial charge in [-0.2, -0.15) is 0 Å². The highest BCUT2D eigenvalue weighted by molar-refractivity contribution is 7.89. The number of hydrogen-bond acceptors (Lipinski definition) is 2. The first-order valence-corrected chi connectivity index (χ1v) is 6.90. The SMILES string of the molecule is CC(C)S(=O)(=O)N(C)CC1CCCC1. The predicted molar refractivity (Wildman–Crippen MR) is 58.6 cm³/mol. The standard InChI is InChI=1S/C10H21NO2S/c1-9(2)14(12,13)11(3)8-10-6-4-5-7-10/h9-10H,4-8H2,1-3H3. The molecule has 0 radical (unpaired) electrons. The van der Waals surface area contributed by atoms with E-state index >= 15 is 0 Å². The third-order valence-corrected chi connectivity index (χ3v) is 5.23. The second kappa shape index (κ2) is 4.62. The largest absolute Gasteiger partial charge is 0.216 e. The van der Waals surface area contributed by atoms with Gasteiger partial charge in [0.1, 0.15) is 0 Å². The Morgan fingerprint density at radius 1 is 1.29 bits per heavy atom. The summed E-state index contributed by atoms with van der Waals surface area (Å²) < 4.78 is 25.0. The highest BCUT2D eigenvalue weighted by Gasteiger charge is 2.25. The van der Waals surface area contributed by atoms with Crippen molar-refractivity contribution in [1.82, 2.24) is 4.31 Å². The highest BCUT2D eigenvalue weighted by atomic mass is 32.2. The minimum atomic E-state index is -3.03. The van der Waals surface area contributed by atoms with Crippen molar-refractivity contribution in [2.45, 2.75) is 44.8 Å². The first-order valence-electron chi connectivity index (χ1n) is 5.39. The van der Waals surface area contributed by atoms with Crippen LogP contribution in [0.4, 0.5) is 0 Å². The van der Waals surface area contributed by atoms with Crippen molar-refractivity contribution < 1.29 is 8.42 Å². The lowest BCUT2D eigenvalue weighted by molar-refractivity contribution is 0.384. The second-order valence-corrected chi connectivity index (χ2v) is 7.12. The van der Waals surface area contributed by atoms with Crippen LogP contribution in [-0.4, -0.2) is 31.6 Å². The second-order valence-electron chi connectivity index (χ2n) is 4.52. The predicted octanol–water partition coefficient (Wildman–Crippen LogP) is 1.85. The molecule has 0 amide bonds. The lowest BCUT2D eigenvalue weighted by Crippen LogP contribution is -2.36. The summed E-state index contributed by atoms with van der Waals surface area (Å²) in [6.07, 6.45) is 4.91. The van der Waals surface area contributed by atoms with E-state index in [0.717, 1.165) is 0 Å². The molecule has 0 aromatic rings. The van der Waals surface area contributed by atoms with Gasteiger partial charge in [0, 0.05) is 13.6 Å². The van der Waals surface area contributed by atoms with Gasteiger partial charge in [-0.3, -0.25) is 0 Å². The number of nitrogens with zero attached hydrogens (tertiary/aromatic N) is 1. The Bertz CT molecular complexity index is 266. The van der Waals surface area contributed by atoms with Crippen molar-refractivity contribution in [3.63, 3.8) is 0 Å². The van der Waals surface area contributed by atoms with E-state index in [1.807, 2.05) is 0 Å². The average Bonchev–Trinajstić information content (AvgIpc) is 2.56. The Kier molecular flexibility index (Phi) is 3.95. The zero-order valence-corrected chi connectivity index (χ0v) is 10.2. The first-order chi connectivity index (χ1) is 6.44. The molecule has 0 atom stereocenters. The van der Waals surface area contributed by atoms with E-state index in [4.69, 9.17) is 0 Å². The molecule has 0 aromatic carbocycles. The Labute approximate surface area is 87.5 Å². The molecule has 0 bridgehead atoms. The van der Waals surface area contributed by atoms with E-state index in [-0.39, 0.29) is 5.25 Å². The maximum Gasteiger partial charge on any atom is 0.216 e. The topological polar surface area (TPSA) is 37.4 Å². The maximum absolute atomic E-state index is 11.7. The van der Waals surface area contributed by atoms with E-state index < -0.39 is 10.0 Å². The van der Waals surface area contributed by atoms with E-state index in [9.17, 15) is 8.42 Å². The van der Waals surface area contributed by atoms with Crippen LogP contribution in [0.15, 0.2) is 0 Å². The monoisotopic (exact) mass is 219 g/mol. The molecule has 0 spiro atoms. The van der Waals surface area contributed by atoms with Crippen LogP contribution in [0.2, 0.25) is 0 Å². The molecule has 3 nitrogen and oxygen atoms in total. The van der Waals surface area contributed by atoms with Crippen LogP contribution >= 0.6 is 0 Å². The van der Waals surface area contributed by atoms with Crippen molar-refractivity contribution in [2.75, 3.05) is 13.6 Å². The molecule has 0 unspecified atom stereocenters. The number of sulfonamides is 1. The van der Waals surface area contributed by atoms with E-state index in [2.05, 4.69) is 0 Å². The Hall–Kier alpha value is -0.0900. The first kappa shape index (κ1) is 12.0. The van der Waals surface area contributed by atoms with Crippen molar-refractivity contribution >= 4 is 10.0 Å². The van der Waals surface area contributed by atoms with Gasteiger partial charge >= 0.3 is 0 Å². The summed E-state index contributed by atoms with van der Waals surface area (Å²) in [4.78, 5) is 0. The Morgan fingerprint density at radius 2 is 1.79 bits per heavy atom. The highest BCUT2D eigenvalue weighted by Crippen LogP contribution is 2.26. The summed E-state index contributed by atoms with van der Waals surface area (Å²) in [7, 11) is -1.33. The molecule has 1 aliphatic carbocycles. The molecular formula is C10H21NO2S. The van der Waals surface area contributed by atoms with Crippen LogP contribution < -0.4 is 0 Å². The molecule has 1 rings (SSSR count). The Balaban J connectivity index is 2.52. The molecule has 0 saturated heterocycles. The van der Waals surface area contributed by atoms with Gasteiger partial charge in [-0.1, -0.05) is 12.8 Å². The summed E-state index contributed by atoms with van der Waals surface area (Å²) in [6.45, 7) is 4.18. The van der Waals surface area contributed by atoms with Crippen LogP contribution in [0.1, 0.15) is 39.5 Å². The van der Waals surface area contributed by atoms with Crippen molar-refractivity contribution in [2.24, 2.45) is 5.92 Å². The molecule has 0 aromatic heterocycles. The van der Waals surface area contributed by atoms with Gasteiger partial charge in [-0.25, -0.2) is 12.7 Å². The normalized spacial score (nSPS) is 19.8.